The molecule has 1 aliphatic heterocycles. The smallest absolute Gasteiger partial charge is 0.268 e. The number of thioether (sulfide) groups is 1. The summed E-state index contributed by atoms with van der Waals surface area (Å²) >= 11 is 1.34. The highest BCUT2D eigenvalue weighted by atomic mass is 32.2. The van der Waals surface area contributed by atoms with Crippen LogP contribution in [0.4, 0.5) is 10.1 Å². The largest absolute Gasteiger partial charge is 0.272 e. The van der Waals surface area contributed by atoms with Gasteiger partial charge in [0.1, 0.15) is 5.82 Å². The van der Waals surface area contributed by atoms with Crippen LogP contribution in [0.2, 0.25) is 0 Å². The first-order valence-electron chi connectivity index (χ1n) is 8.03. The Hall–Kier alpha value is -2.40. The van der Waals surface area contributed by atoms with E-state index in [4.69, 9.17) is 0 Å². The molecule has 3 nitrogen and oxygen atoms in total. The Morgan fingerprint density at radius 2 is 1.80 bits per heavy atom. The van der Waals surface area contributed by atoms with Crippen LogP contribution in [0.15, 0.2) is 47.4 Å². The first-order chi connectivity index (χ1) is 11.9. The second kappa shape index (κ2) is 6.84. The predicted octanol–water partition coefficient (Wildman–Crippen LogP) is 4.48. The molecule has 0 saturated heterocycles. The van der Waals surface area contributed by atoms with Gasteiger partial charge in [-0.3, -0.25) is 9.59 Å². The number of halogens is 1. The van der Waals surface area contributed by atoms with Gasteiger partial charge in [0.15, 0.2) is 0 Å². The zero-order chi connectivity index (χ0) is 18.1. The average Bonchev–Trinajstić information content (AvgIpc) is 2.79. The lowest BCUT2D eigenvalue weighted by Gasteiger charge is -2.15. The number of imide groups is 1. The molecule has 0 aliphatic carbocycles. The summed E-state index contributed by atoms with van der Waals surface area (Å²) in [5, 5.41) is 0. The normalized spacial score (nSPS) is 14.6. The maximum Gasteiger partial charge on any atom is 0.272 e. The van der Waals surface area contributed by atoms with Crippen molar-refractivity contribution in [2.24, 2.45) is 0 Å². The molecule has 2 amide bonds. The molecular formula is C20H18FNO2S. The molecule has 0 fully saturated rings. The van der Waals surface area contributed by atoms with Crippen molar-refractivity contribution in [2.75, 3.05) is 10.7 Å². The van der Waals surface area contributed by atoms with Crippen LogP contribution in [-0.2, 0) is 9.59 Å². The molecule has 2 aromatic rings. The van der Waals surface area contributed by atoms with E-state index < -0.39 is 17.6 Å². The second-order valence-corrected chi connectivity index (χ2v) is 7.16. The van der Waals surface area contributed by atoms with Crippen LogP contribution in [0.5, 0.6) is 0 Å². The van der Waals surface area contributed by atoms with Crippen molar-refractivity contribution in [1.29, 1.82) is 0 Å². The van der Waals surface area contributed by atoms with Crippen molar-refractivity contribution in [3.05, 3.63) is 69.9 Å². The third-order valence-corrected chi connectivity index (χ3v) is 5.00. The molecule has 128 valence electrons. The summed E-state index contributed by atoms with van der Waals surface area (Å²) < 4.78 is 13.6. The van der Waals surface area contributed by atoms with Crippen LogP contribution in [-0.4, -0.2) is 17.6 Å². The van der Waals surface area contributed by atoms with E-state index in [1.807, 2.05) is 39.0 Å². The molecule has 2 aromatic carbocycles. The minimum absolute atomic E-state index is 0.254. The van der Waals surface area contributed by atoms with Crippen molar-refractivity contribution in [1.82, 2.24) is 0 Å². The number of nitrogens with zero attached hydrogens (tertiary/aromatic N) is 1. The summed E-state index contributed by atoms with van der Waals surface area (Å²) in [6.07, 6.45) is 0. The van der Waals surface area contributed by atoms with Crippen molar-refractivity contribution in [2.45, 2.75) is 20.8 Å². The molecule has 3 rings (SSSR count). The van der Waals surface area contributed by atoms with Gasteiger partial charge >= 0.3 is 0 Å². The Morgan fingerprint density at radius 1 is 1.04 bits per heavy atom. The van der Waals surface area contributed by atoms with Gasteiger partial charge in [-0.15, -0.1) is 11.8 Å². The van der Waals surface area contributed by atoms with Crippen LogP contribution in [0.3, 0.4) is 0 Å². The number of aryl methyl sites for hydroxylation is 2. The van der Waals surface area contributed by atoms with E-state index in [9.17, 15) is 14.0 Å². The number of carbonyl (C=O) groups excluding carboxylic acids is 2. The van der Waals surface area contributed by atoms with Crippen molar-refractivity contribution < 1.29 is 14.0 Å². The highest BCUT2D eigenvalue weighted by molar-refractivity contribution is 8.04. The monoisotopic (exact) mass is 355 g/mol. The molecule has 0 radical (unpaired) electrons. The standard InChI is InChI=1S/C20H18FNO2S/c1-4-25-18-17(16-9-8-12(2)10-13(16)3)19(23)22(20(18)24)15-7-5-6-14(21)11-15/h5-11H,4H2,1-3H3. The number of carbonyl (C=O) groups is 2. The van der Waals surface area contributed by atoms with E-state index in [2.05, 4.69) is 0 Å². The molecule has 1 aliphatic rings. The van der Waals surface area contributed by atoms with Gasteiger partial charge in [0.2, 0.25) is 0 Å². The molecule has 25 heavy (non-hydrogen) atoms. The number of rotatable bonds is 4. The number of hydrogen-bond donors (Lipinski definition) is 0. The number of anilines is 1. The average molecular weight is 355 g/mol. The molecule has 0 bridgehead atoms. The summed E-state index contributed by atoms with van der Waals surface area (Å²) in [5.41, 5.74) is 3.43. The lowest BCUT2D eigenvalue weighted by molar-refractivity contribution is -0.119. The molecule has 0 unspecified atom stereocenters. The Kier molecular flexibility index (Phi) is 4.77. The quantitative estimate of drug-likeness (QED) is 0.759. The maximum absolute atomic E-state index is 13.6. The fourth-order valence-electron chi connectivity index (χ4n) is 2.97. The summed E-state index contributed by atoms with van der Waals surface area (Å²) in [6, 6.07) is 11.3. The summed E-state index contributed by atoms with van der Waals surface area (Å²) in [7, 11) is 0. The minimum atomic E-state index is -0.484. The van der Waals surface area contributed by atoms with Crippen LogP contribution < -0.4 is 4.90 Å². The summed E-state index contributed by atoms with van der Waals surface area (Å²) in [5.74, 6) is -0.613. The van der Waals surface area contributed by atoms with Crippen LogP contribution >= 0.6 is 11.8 Å². The highest BCUT2D eigenvalue weighted by Crippen LogP contribution is 2.39. The maximum atomic E-state index is 13.6. The topological polar surface area (TPSA) is 37.4 Å². The lowest BCUT2D eigenvalue weighted by Crippen LogP contribution is -2.31. The highest BCUT2D eigenvalue weighted by Gasteiger charge is 2.40. The molecule has 0 atom stereocenters. The van der Waals surface area contributed by atoms with Gasteiger partial charge in [-0.25, -0.2) is 9.29 Å². The van der Waals surface area contributed by atoms with Gasteiger partial charge in [0.25, 0.3) is 11.8 Å². The van der Waals surface area contributed by atoms with E-state index in [-0.39, 0.29) is 5.69 Å². The number of hydrogen-bond acceptors (Lipinski definition) is 3. The third kappa shape index (κ3) is 3.12. The Labute approximate surface area is 150 Å². The first kappa shape index (κ1) is 17.4. The molecular weight excluding hydrogens is 337 g/mol. The number of amides is 2. The zero-order valence-corrected chi connectivity index (χ0v) is 15.1. The van der Waals surface area contributed by atoms with Crippen molar-refractivity contribution in [3.63, 3.8) is 0 Å². The minimum Gasteiger partial charge on any atom is -0.268 e. The van der Waals surface area contributed by atoms with Gasteiger partial charge in [-0.05, 0) is 48.9 Å². The molecule has 0 spiro atoms. The van der Waals surface area contributed by atoms with Crippen molar-refractivity contribution >= 4 is 34.8 Å². The zero-order valence-electron chi connectivity index (χ0n) is 14.3. The number of benzene rings is 2. The summed E-state index contributed by atoms with van der Waals surface area (Å²) in [6.45, 7) is 5.83. The molecule has 0 N–H and O–H groups in total. The van der Waals surface area contributed by atoms with Gasteiger partial charge < -0.3 is 0 Å². The fourth-order valence-corrected chi connectivity index (χ4v) is 3.81. The second-order valence-electron chi connectivity index (χ2n) is 5.88. The molecule has 0 saturated carbocycles. The van der Waals surface area contributed by atoms with Crippen LogP contribution in [0.25, 0.3) is 5.57 Å². The SMILES string of the molecule is CCSC1=C(c2ccc(C)cc2C)C(=O)N(c2cccc(F)c2)C1=O. The molecule has 5 heteroatoms. The van der Waals surface area contributed by atoms with E-state index in [0.717, 1.165) is 21.6 Å². The van der Waals surface area contributed by atoms with E-state index >= 15 is 0 Å². The van der Waals surface area contributed by atoms with Gasteiger partial charge in [-0.1, -0.05) is 36.8 Å². The van der Waals surface area contributed by atoms with Gasteiger partial charge in [-0.2, -0.15) is 0 Å². The van der Waals surface area contributed by atoms with Gasteiger partial charge in [0, 0.05) is 0 Å². The van der Waals surface area contributed by atoms with Gasteiger partial charge in [0.05, 0.1) is 16.2 Å². The van der Waals surface area contributed by atoms with E-state index in [0.29, 0.717) is 16.2 Å². The van der Waals surface area contributed by atoms with Crippen LogP contribution in [0.1, 0.15) is 23.6 Å². The first-order valence-corrected chi connectivity index (χ1v) is 9.01. The predicted molar refractivity (Wildman–Crippen MR) is 99.9 cm³/mol. The Morgan fingerprint density at radius 3 is 2.44 bits per heavy atom. The third-order valence-electron chi connectivity index (χ3n) is 4.05. The Balaban J connectivity index is 2.14. The fraction of sp³-hybridized carbons (Fsp3) is 0.200. The molecule has 1 heterocycles. The van der Waals surface area contributed by atoms with Crippen LogP contribution in [0, 0.1) is 19.7 Å². The Bertz CT molecular complexity index is 904. The molecule has 0 aromatic heterocycles. The van der Waals surface area contributed by atoms with E-state index in [1.54, 1.807) is 6.07 Å². The lowest BCUT2D eigenvalue weighted by atomic mass is 9.99. The summed E-state index contributed by atoms with van der Waals surface area (Å²) in [4.78, 5) is 27.4. The van der Waals surface area contributed by atoms with Crippen molar-refractivity contribution in [3.8, 4) is 0 Å². The van der Waals surface area contributed by atoms with E-state index in [1.165, 1.54) is 30.0 Å².